The van der Waals surface area contributed by atoms with E-state index in [1.54, 1.807) is 19.3 Å². The van der Waals surface area contributed by atoms with Crippen molar-refractivity contribution in [3.63, 3.8) is 0 Å². The van der Waals surface area contributed by atoms with Gasteiger partial charge in [-0.15, -0.1) is 0 Å². The second-order valence-electron chi connectivity index (χ2n) is 7.57. The maximum atomic E-state index is 13.3. The fraction of sp³-hybridized carbons (Fsp3) is 0.154. The molecule has 2 aromatic carbocycles. The lowest BCUT2D eigenvalue weighted by Crippen LogP contribution is -2.36. The predicted octanol–water partition coefficient (Wildman–Crippen LogP) is 5.50. The van der Waals surface area contributed by atoms with Crippen LogP contribution in [-0.4, -0.2) is 20.9 Å². The smallest absolute Gasteiger partial charge is 0.273 e. The highest BCUT2D eigenvalue weighted by Gasteiger charge is 2.32. The van der Waals surface area contributed by atoms with Gasteiger partial charge < -0.3 is 4.98 Å². The Morgan fingerprint density at radius 1 is 1.10 bits per heavy atom. The molecule has 0 aliphatic carbocycles. The van der Waals surface area contributed by atoms with Crippen LogP contribution in [-0.2, 0) is 16.2 Å². The Kier molecular flexibility index (Phi) is 5.96. The van der Waals surface area contributed by atoms with Gasteiger partial charge in [0.05, 0.1) is 0 Å². The minimum Gasteiger partial charge on any atom is -0.358 e. The second kappa shape index (κ2) is 8.98. The van der Waals surface area contributed by atoms with E-state index in [4.69, 9.17) is 4.84 Å². The SMILES string of the molecule is C=C(C)C(=O)N(OCc1ccccc1)C(c1cccnc1)c1c(C)[nH]c2ccccc12. The first kappa shape index (κ1) is 20.6. The summed E-state index contributed by atoms with van der Waals surface area (Å²) >= 11 is 0. The lowest BCUT2D eigenvalue weighted by atomic mass is 9.96. The van der Waals surface area contributed by atoms with Gasteiger partial charge in [0, 0.05) is 45.7 Å². The fourth-order valence-electron chi connectivity index (χ4n) is 3.76. The summed E-state index contributed by atoms with van der Waals surface area (Å²) in [6.07, 6.45) is 3.49. The zero-order chi connectivity index (χ0) is 21.8. The first-order valence-electron chi connectivity index (χ1n) is 10.2. The predicted molar refractivity (Wildman–Crippen MR) is 122 cm³/mol. The standard InChI is InChI=1S/C26H25N3O2/c1-18(2)26(30)29(31-17-20-10-5-4-6-11-20)25(21-12-9-15-27-16-21)24-19(3)28-23-14-8-7-13-22(23)24/h4-16,25,28H,1,17H2,2-3H3. The Morgan fingerprint density at radius 3 is 2.55 bits per heavy atom. The highest BCUT2D eigenvalue weighted by molar-refractivity contribution is 5.93. The van der Waals surface area contributed by atoms with Gasteiger partial charge in [-0.3, -0.25) is 14.6 Å². The van der Waals surface area contributed by atoms with E-state index in [2.05, 4.69) is 22.6 Å². The van der Waals surface area contributed by atoms with Crippen molar-refractivity contribution in [2.45, 2.75) is 26.5 Å². The summed E-state index contributed by atoms with van der Waals surface area (Å²) in [5.41, 5.74) is 5.19. The van der Waals surface area contributed by atoms with Gasteiger partial charge in [-0.2, -0.15) is 0 Å². The number of para-hydroxylation sites is 1. The first-order chi connectivity index (χ1) is 15.1. The quantitative estimate of drug-likeness (QED) is 0.323. The molecule has 0 spiro atoms. The molecule has 156 valence electrons. The van der Waals surface area contributed by atoms with Crippen LogP contribution in [0.5, 0.6) is 0 Å². The molecule has 0 saturated heterocycles. The van der Waals surface area contributed by atoms with E-state index in [0.717, 1.165) is 33.3 Å². The molecule has 0 fully saturated rings. The summed E-state index contributed by atoms with van der Waals surface area (Å²) in [5.74, 6) is -0.269. The Bertz CT molecular complexity index is 1200. The Hall–Kier alpha value is -3.70. The van der Waals surface area contributed by atoms with Crippen molar-refractivity contribution in [3.8, 4) is 0 Å². The molecule has 4 rings (SSSR count). The summed E-state index contributed by atoms with van der Waals surface area (Å²) in [7, 11) is 0. The van der Waals surface area contributed by atoms with Crippen LogP contribution in [0.1, 0.15) is 35.3 Å². The van der Waals surface area contributed by atoms with Gasteiger partial charge in [-0.25, -0.2) is 5.06 Å². The second-order valence-corrected chi connectivity index (χ2v) is 7.57. The van der Waals surface area contributed by atoms with Crippen molar-refractivity contribution in [1.29, 1.82) is 0 Å². The zero-order valence-corrected chi connectivity index (χ0v) is 17.7. The summed E-state index contributed by atoms with van der Waals surface area (Å²) in [6, 6.07) is 21.2. The molecular formula is C26H25N3O2. The maximum absolute atomic E-state index is 13.3. The largest absolute Gasteiger partial charge is 0.358 e. The van der Waals surface area contributed by atoms with Crippen molar-refractivity contribution in [2.75, 3.05) is 0 Å². The number of carbonyl (C=O) groups excluding carboxylic acids is 1. The van der Waals surface area contributed by atoms with E-state index < -0.39 is 6.04 Å². The molecule has 4 aromatic rings. The zero-order valence-electron chi connectivity index (χ0n) is 17.7. The number of nitrogens with one attached hydrogen (secondary N) is 1. The number of aromatic amines is 1. The molecule has 5 heteroatoms. The molecular weight excluding hydrogens is 386 g/mol. The topological polar surface area (TPSA) is 58.2 Å². The Balaban J connectivity index is 1.85. The third-order valence-electron chi connectivity index (χ3n) is 5.23. The monoisotopic (exact) mass is 411 g/mol. The minimum atomic E-state index is -0.488. The lowest BCUT2D eigenvalue weighted by Gasteiger charge is -2.31. The van der Waals surface area contributed by atoms with Crippen LogP contribution in [0.4, 0.5) is 0 Å². The summed E-state index contributed by atoms with van der Waals surface area (Å²) < 4.78 is 0. The van der Waals surface area contributed by atoms with Gasteiger partial charge >= 0.3 is 0 Å². The van der Waals surface area contributed by atoms with Gasteiger partial charge in [0.1, 0.15) is 12.6 Å². The molecule has 0 aliphatic rings. The number of nitrogens with zero attached hydrogens (tertiary/aromatic N) is 2. The van der Waals surface area contributed by atoms with E-state index >= 15 is 0 Å². The molecule has 1 unspecified atom stereocenters. The number of benzene rings is 2. The summed E-state index contributed by atoms with van der Waals surface area (Å²) in [5, 5.41) is 2.48. The highest BCUT2D eigenvalue weighted by atomic mass is 16.7. The van der Waals surface area contributed by atoms with Crippen molar-refractivity contribution >= 4 is 16.8 Å². The van der Waals surface area contributed by atoms with Gasteiger partial charge in [0.2, 0.25) is 0 Å². The van der Waals surface area contributed by atoms with Gasteiger partial charge in [-0.05, 0) is 31.5 Å². The number of carbonyl (C=O) groups is 1. The van der Waals surface area contributed by atoms with E-state index in [0.29, 0.717) is 5.57 Å². The summed E-state index contributed by atoms with van der Waals surface area (Å²) in [4.78, 5) is 27.2. The molecule has 0 saturated carbocycles. The van der Waals surface area contributed by atoms with Crippen molar-refractivity contribution in [2.24, 2.45) is 0 Å². The number of fused-ring (bicyclic) bond motifs is 1. The minimum absolute atomic E-state index is 0.262. The number of aromatic nitrogens is 2. The third kappa shape index (κ3) is 4.27. The van der Waals surface area contributed by atoms with Crippen LogP contribution in [0, 0.1) is 6.92 Å². The van der Waals surface area contributed by atoms with E-state index in [1.165, 1.54) is 5.06 Å². The number of hydrogen-bond donors (Lipinski definition) is 1. The van der Waals surface area contributed by atoms with Crippen LogP contribution in [0.3, 0.4) is 0 Å². The average molecular weight is 412 g/mol. The molecule has 31 heavy (non-hydrogen) atoms. The number of rotatable bonds is 7. The molecule has 2 heterocycles. The van der Waals surface area contributed by atoms with E-state index in [1.807, 2.05) is 67.6 Å². The van der Waals surface area contributed by atoms with E-state index in [-0.39, 0.29) is 12.5 Å². The maximum Gasteiger partial charge on any atom is 0.273 e. The Labute approximate surface area is 182 Å². The molecule has 5 nitrogen and oxygen atoms in total. The van der Waals surface area contributed by atoms with Gasteiger partial charge in [-0.1, -0.05) is 61.2 Å². The fourth-order valence-corrected chi connectivity index (χ4v) is 3.76. The van der Waals surface area contributed by atoms with Crippen molar-refractivity contribution in [1.82, 2.24) is 15.0 Å². The number of H-pyrrole nitrogens is 1. The number of hydroxylamine groups is 2. The van der Waals surface area contributed by atoms with Crippen LogP contribution in [0.15, 0.2) is 91.3 Å². The van der Waals surface area contributed by atoms with Gasteiger partial charge in [0.25, 0.3) is 5.91 Å². The van der Waals surface area contributed by atoms with Crippen LogP contribution in [0.2, 0.25) is 0 Å². The normalized spacial score (nSPS) is 11.9. The number of hydrogen-bond acceptors (Lipinski definition) is 3. The molecule has 1 amide bonds. The lowest BCUT2D eigenvalue weighted by molar-refractivity contribution is -0.198. The average Bonchev–Trinajstić information content (AvgIpc) is 3.13. The van der Waals surface area contributed by atoms with E-state index in [9.17, 15) is 4.79 Å². The molecule has 1 N–H and O–H groups in total. The third-order valence-corrected chi connectivity index (χ3v) is 5.23. The first-order valence-corrected chi connectivity index (χ1v) is 10.2. The van der Waals surface area contributed by atoms with Crippen LogP contribution >= 0.6 is 0 Å². The molecule has 0 bridgehead atoms. The molecule has 2 aromatic heterocycles. The number of amides is 1. The van der Waals surface area contributed by atoms with Crippen LogP contribution in [0.25, 0.3) is 10.9 Å². The molecule has 1 atom stereocenters. The highest BCUT2D eigenvalue weighted by Crippen LogP contribution is 2.37. The van der Waals surface area contributed by atoms with Crippen molar-refractivity contribution < 1.29 is 9.63 Å². The summed E-state index contributed by atoms with van der Waals surface area (Å²) in [6.45, 7) is 7.85. The van der Waals surface area contributed by atoms with Crippen molar-refractivity contribution in [3.05, 3.63) is 114 Å². The van der Waals surface area contributed by atoms with Crippen LogP contribution < -0.4 is 0 Å². The number of aryl methyl sites for hydroxylation is 1. The number of pyridine rings is 1. The molecule has 0 radical (unpaired) electrons. The Morgan fingerprint density at radius 2 is 1.84 bits per heavy atom. The molecule has 0 aliphatic heterocycles. The van der Waals surface area contributed by atoms with Gasteiger partial charge in [0.15, 0.2) is 0 Å².